The zero-order chi connectivity index (χ0) is 98.8. The molecule has 0 aliphatic rings. The average Bonchev–Trinajstić information content (AvgIpc) is 0.862. The normalized spacial score (nSPS) is 12.7. The van der Waals surface area contributed by atoms with Crippen molar-refractivity contribution in [2.75, 3.05) is 119 Å². The molecule has 6 rings (SSSR count). The first-order valence-corrected chi connectivity index (χ1v) is 57.7. The van der Waals surface area contributed by atoms with Crippen LogP contribution in [0.5, 0.6) is 34.5 Å². The molecule has 0 fully saturated rings. The molecular weight excluding hydrogens is 1710 g/mol. The van der Waals surface area contributed by atoms with E-state index >= 15 is 0 Å². The largest absolute Gasteiger partial charge is 0.494 e. The lowest BCUT2D eigenvalue weighted by Gasteiger charge is -2.13. The molecule has 0 heterocycles. The van der Waals surface area contributed by atoms with Crippen molar-refractivity contribution in [3.05, 3.63) is 146 Å². The summed E-state index contributed by atoms with van der Waals surface area (Å²) in [6, 6.07) is 50.7. The van der Waals surface area contributed by atoms with E-state index in [1.807, 2.05) is 0 Å². The van der Waals surface area contributed by atoms with Gasteiger partial charge in [0.2, 0.25) is 0 Å². The molecule has 0 spiro atoms. The molecule has 0 saturated carbocycles. The molecule has 0 N–H and O–H groups in total. The number of rotatable bonds is 93. The van der Waals surface area contributed by atoms with Crippen LogP contribution in [0.3, 0.4) is 0 Å². The Labute approximate surface area is 849 Å². The topological polar surface area (TPSA) is 111 Å². The minimum absolute atomic E-state index is 0.607. The standard InChI is InChI=1S/C44H74O4.C42H70O4.C40H66O4/c1-5-7-9-11-13-15-17-19-33-45-35-29-39(3)31-37-47-43-25-21-41(22-26-43)42-23-27-44(28-24-42)48-38-32-40(4)30-36-46-34-20-18-16-14-12-10-8-6-2;1-5-7-9-11-13-14-16-18-32-44-34-28-38(4)30-36-46-42-25-21-40(22-26-42)39-19-23-41(24-20-39)45-35-29-37(3)27-33-43-31-17-15-12-10-8-6-2;1-5-7-9-11-13-15-29-41-31-25-35(3)27-33-43-39-21-17-37(18-22-39)38-19-23-40(24-20-38)44-34-28-36(4)26-32-42-30-16-14-12-10-8-6-2/h21-28,39-40H,5-20,29-38H2,1-4H3;19-26,37-38H,5-18,27-36H2,1-4H3;17-24,35-36H,5-16,25-34H2,1-4H3. The third-order valence-electron chi connectivity index (χ3n) is 27.3. The maximum atomic E-state index is 6.05. The molecule has 12 heteroatoms. The zero-order valence-electron chi connectivity index (χ0n) is 91.1. The molecule has 0 bridgehead atoms. The van der Waals surface area contributed by atoms with Gasteiger partial charge in [-0.2, -0.15) is 0 Å². The Balaban J connectivity index is 0.000000433. The highest BCUT2D eigenvalue weighted by molar-refractivity contribution is 5.67. The Morgan fingerprint density at radius 2 is 0.239 bits per heavy atom. The van der Waals surface area contributed by atoms with Gasteiger partial charge in [-0.1, -0.05) is 387 Å². The summed E-state index contributed by atoms with van der Waals surface area (Å²) >= 11 is 0. The van der Waals surface area contributed by atoms with Crippen LogP contribution in [0, 0.1) is 35.5 Å². The number of ether oxygens (including phenoxy) is 12. The predicted octanol–water partition coefficient (Wildman–Crippen LogP) is 37.4. The van der Waals surface area contributed by atoms with Crippen molar-refractivity contribution in [2.45, 2.75) is 430 Å². The lowest BCUT2D eigenvalue weighted by molar-refractivity contribution is 0.114. The summed E-state index contributed by atoms with van der Waals surface area (Å²) in [7, 11) is 0. The van der Waals surface area contributed by atoms with Gasteiger partial charge in [0, 0.05) is 79.3 Å². The second kappa shape index (κ2) is 90.9. The van der Waals surface area contributed by atoms with Gasteiger partial charge in [0.15, 0.2) is 0 Å². The Bertz CT molecular complexity index is 3360. The van der Waals surface area contributed by atoms with Crippen molar-refractivity contribution in [1.29, 1.82) is 0 Å². The van der Waals surface area contributed by atoms with Crippen LogP contribution in [-0.2, 0) is 28.4 Å². The van der Waals surface area contributed by atoms with E-state index in [0.29, 0.717) is 35.5 Å². The first-order valence-electron chi connectivity index (χ1n) is 57.7. The Morgan fingerprint density at radius 1 is 0.130 bits per heavy atom. The molecule has 138 heavy (non-hydrogen) atoms. The van der Waals surface area contributed by atoms with Crippen molar-refractivity contribution in [3.8, 4) is 67.9 Å². The fraction of sp³-hybridized carbons (Fsp3) is 0.714. The molecule has 12 nitrogen and oxygen atoms in total. The van der Waals surface area contributed by atoms with E-state index in [9.17, 15) is 0 Å². The Kier molecular flexibility index (Phi) is 81.8. The maximum absolute atomic E-state index is 6.05. The van der Waals surface area contributed by atoms with E-state index in [0.717, 1.165) is 230 Å². The number of unbranched alkanes of at least 4 members (excludes halogenated alkanes) is 36. The molecule has 0 aromatic heterocycles. The highest BCUT2D eigenvalue weighted by Crippen LogP contribution is 2.31. The molecule has 0 aliphatic heterocycles. The molecule has 6 aromatic carbocycles. The summed E-state index contributed by atoms with van der Waals surface area (Å²) in [4.78, 5) is 0. The monoisotopic (exact) mass is 1920 g/mol. The van der Waals surface area contributed by atoms with Gasteiger partial charge in [0.1, 0.15) is 34.5 Å². The second-order valence-corrected chi connectivity index (χ2v) is 40.7. The fourth-order valence-electron chi connectivity index (χ4n) is 16.9. The van der Waals surface area contributed by atoms with Gasteiger partial charge in [0.25, 0.3) is 0 Å². The molecule has 6 aromatic rings. The summed E-state index contributed by atoms with van der Waals surface area (Å²) < 4.78 is 71.5. The van der Waals surface area contributed by atoms with Gasteiger partial charge in [-0.3, -0.25) is 0 Å². The summed E-state index contributed by atoms with van der Waals surface area (Å²) in [6.07, 6.45) is 69.0. The van der Waals surface area contributed by atoms with Gasteiger partial charge in [-0.25, -0.2) is 0 Å². The number of benzene rings is 6. The van der Waals surface area contributed by atoms with Crippen LogP contribution in [0.2, 0.25) is 0 Å². The van der Waals surface area contributed by atoms with Crippen LogP contribution in [0.15, 0.2) is 146 Å². The first-order chi connectivity index (χ1) is 67.9. The van der Waals surface area contributed by atoms with Crippen molar-refractivity contribution < 1.29 is 56.8 Å². The lowest BCUT2D eigenvalue weighted by Crippen LogP contribution is -2.08. The van der Waals surface area contributed by atoms with Crippen LogP contribution in [0.1, 0.15) is 430 Å². The van der Waals surface area contributed by atoms with E-state index in [2.05, 4.69) is 229 Å². The van der Waals surface area contributed by atoms with E-state index in [1.54, 1.807) is 0 Å². The third-order valence-corrected chi connectivity index (χ3v) is 27.3. The lowest BCUT2D eigenvalue weighted by atomic mass is 10.0. The highest BCUT2D eigenvalue weighted by atomic mass is 16.5. The van der Waals surface area contributed by atoms with Gasteiger partial charge in [-0.15, -0.1) is 0 Å². The summed E-state index contributed by atoms with van der Waals surface area (Å²) in [6.45, 7) is 42.5. The molecule has 0 radical (unpaired) electrons. The van der Waals surface area contributed by atoms with Crippen LogP contribution >= 0.6 is 0 Å². The second-order valence-electron chi connectivity index (χ2n) is 40.7. The van der Waals surface area contributed by atoms with E-state index in [4.69, 9.17) is 56.8 Å². The Hall–Kier alpha value is -6.12. The van der Waals surface area contributed by atoms with Crippen LogP contribution in [0.4, 0.5) is 0 Å². The van der Waals surface area contributed by atoms with Crippen molar-refractivity contribution in [2.24, 2.45) is 35.5 Å². The summed E-state index contributed by atoms with van der Waals surface area (Å²) in [5.74, 6) is 9.25. The minimum Gasteiger partial charge on any atom is -0.494 e. The first kappa shape index (κ1) is 124. The molecule has 6 unspecified atom stereocenters. The molecule has 6 atom stereocenters. The van der Waals surface area contributed by atoms with Gasteiger partial charge in [-0.05, 0) is 257 Å². The van der Waals surface area contributed by atoms with Crippen molar-refractivity contribution in [1.82, 2.24) is 0 Å². The molecule has 0 saturated heterocycles. The number of hydrogen-bond acceptors (Lipinski definition) is 12. The zero-order valence-corrected chi connectivity index (χ0v) is 91.1. The summed E-state index contributed by atoms with van der Waals surface area (Å²) in [5.41, 5.74) is 7.14. The SMILES string of the molecule is CCCCCCCCCCOCCC(C)CCOc1ccc(-c2ccc(OCCC(C)CCOCCCCCCCC)cc2)cc1.CCCCCCCCCCOCCC(C)CCOc1ccc(-c2ccc(OCCC(C)CCOCCCCCCCCCC)cc2)cc1.CCCCCCCCOCCC(C)CCOc1ccc(-c2ccc(OCCC(C)CCOCCCCCCCC)cc2)cc1. The third kappa shape index (κ3) is 71.4. The molecule has 0 aliphatic carbocycles. The quantitative estimate of drug-likeness (QED) is 0.0339. The van der Waals surface area contributed by atoms with Crippen LogP contribution < -0.4 is 28.4 Å². The van der Waals surface area contributed by atoms with Crippen molar-refractivity contribution >= 4 is 0 Å². The smallest absolute Gasteiger partial charge is 0.119 e. The molecule has 786 valence electrons. The van der Waals surface area contributed by atoms with Crippen molar-refractivity contribution in [3.63, 3.8) is 0 Å². The van der Waals surface area contributed by atoms with Crippen LogP contribution in [0.25, 0.3) is 33.4 Å². The fourth-order valence-corrected chi connectivity index (χ4v) is 16.9. The highest BCUT2D eigenvalue weighted by Gasteiger charge is 2.14. The van der Waals surface area contributed by atoms with Gasteiger partial charge < -0.3 is 56.8 Å². The molecule has 0 amide bonds. The van der Waals surface area contributed by atoms with Crippen LogP contribution in [-0.4, -0.2) is 119 Å². The van der Waals surface area contributed by atoms with E-state index in [1.165, 1.54) is 303 Å². The molecular formula is C126H210O12. The van der Waals surface area contributed by atoms with Gasteiger partial charge in [0.05, 0.1) is 39.6 Å². The maximum Gasteiger partial charge on any atom is 0.119 e. The number of hydrogen-bond donors (Lipinski definition) is 0. The summed E-state index contributed by atoms with van der Waals surface area (Å²) in [5, 5.41) is 0. The average molecular weight is 1920 g/mol. The predicted molar refractivity (Wildman–Crippen MR) is 592 cm³/mol. The van der Waals surface area contributed by atoms with Gasteiger partial charge >= 0.3 is 0 Å². The minimum atomic E-state index is 0.607. The Morgan fingerprint density at radius 3 is 0.362 bits per heavy atom. The van der Waals surface area contributed by atoms with E-state index in [-0.39, 0.29) is 0 Å². The van der Waals surface area contributed by atoms with E-state index < -0.39 is 0 Å².